The number of carbonyl (C=O) groups is 1. The minimum Gasteiger partial charge on any atom is -0.478 e. The average Bonchev–Trinajstić information content (AvgIpc) is 2.38. The minimum atomic E-state index is -0.975. The Labute approximate surface area is 109 Å². The lowest BCUT2D eigenvalue weighted by Crippen LogP contribution is -1.95. The van der Waals surface area contributed by atoms with Gasteiger partial charge in [0.05, 0.1) is 16.1 Å². The highest BCUT2D eigenvalue weighted by Crippen LogP contribution is 2.26. The first-order valence-electron chi connectivity index (χ1n) is 5.15. The van der Waals surface area contributed by atoms with E-state index in [9.17, 15) is 4.79 Å². The van der Waals surface area contributed by atoms with Crippen molar-refractivity contribution in [2.24, 2.45) is 0 Å². The fourth-order valence-corrected chi connectivity index (χ4v) is 1.84. The summed E-state index contributed by atoms with van der Waals surface area (Å²) < 4.78 is 0. The summed E-state index contributed by atoms with van der Waals surface area (Å²) in [6.45, 7) is 0. The lowest BCUT2D eigenvalue weighted by atomic mass is 10.0. The van der Waals surface area contributed by atoms with Gasteiger partial charge in [-0.1, -0.05) is 29.8 Å². The first-order chi connectivity index (χ1) is 8.61. The molecule has 0 fully saturated rings. The Balaban J connectivity index is 2.49. The summed E-state index contributed by atoms with van der Waals surface area (Å²) in [6, 6.07) is 13.6. The van der Waals surface area contributed by atoms with Gasteiger partial charge in [-0.3, -0.25) is 0 Å². The number of rotatable bonds is 2. The first kappa shape index (κ1) is 12.2. The third kappa shape index (κ3) is 2.34. The lowest BCUT2D eigenvalue weighted by Gasteiger charge is -2.04. The molecule has 0 saturated carbocycles. The molecule has 0 unspecified atom stereocenters. The molecule has 88 valence electrons. The van der Waals surface area contributed by atoms with Gasteiger partial charge in [0, 0.05) is 0 Å². The molecule has 0 heterocycles. The summed E-state index contributed by atoms with van der Waals surface area (Å²) in [5, 5.41) is 18.1. The number of nitrogens with zero attached hydrogens (tertiary/aromatic N) is 1. The average molecular weight is 258 g/mol. The van der Waals surface area contributed by atoms with E-state index in [1.54, 1.807) is 36.4 Å². The fourth-order valence-electron chi connectivity index (χ4n) is 1.62. The second kappa shape index (κ2) is 4.91. The maximum absolute atomic E-state index is 10.9. The Morgan fingerprint density at radius 2 is 1.89 bits per heavy atom. The molecular formula is C14H8ClNO2. The fraction of sp³-hybridized carbons (Fsp3) is 0. The number of benzene rings is 2. The van der Waals surface area contributed by atoms with Crippen molar-refractivity contribution in [3.63, 3.8) is 0 Å². The van der Waals surface area contributed by atoms with Crippen LogP contribution in [0.4, 0.5) is 0 Å². The molecule has 0 saturated heterocycles. The predicted molar refractivity (Wildman–Crippen MR) is 68.6 cm³/mol. The van der Waals surface area contributed by atoms with E-state index in [-0.39, 0.29) is 5.56 Å². The van der Waals surface area contributed by atoms with Gasteiger partial charge in [-0.25, -0.2) is 4.79 Å². The summed E-state index contributed by atoms with van der Waals surface area (Å²) >= 11 is 5.94. The smallest absolute Gasteiger partial charge is 0.335 e. The molecule has 2 aromatic rings. The van der Waals surface area contributed by atoms with Gasteiger partial charge < -0.3 is 5.11 Å². The predicted octanol–water partition coefficient (Wildman–Crippen LogP) is 3.58. The highest BCUT2D eigenvalue weighted by Gasteiger charge is 2.06. The second-order valence-corrected chi connectivity index (χ2v) is 4.10. The summed E-state index contributed by atoms with van der Waals surface area (Å²) in [5.41, 5.74) is 2.14. The van der Waals surface area contributed by atoms with Crippen LogP contribution in [0.2, 0.25) is 5.02 Å². The summed E-state index contributed by atoms with van der Waals surface area (Å²) in [4.78, 5) is 10.9. The van der Waals surface area contributed by atoms with E-state index >= 15 is 0 Å². The van der Waals surface area contributed by atoms with Crippen LogP contribution in [0.1, 0.15) is 15.9 Å². The van der Waals surface area contributed by atoms with Gasteiger partial charge in [-0.05, 0) is 35.4 Å². The summed E-state index contributed by atoms with van der Waals surface area (Å²) in [7, 11) is 0. The van der Waals surface area contributed by atoms with Crippen LogP contribution < -0.4 is 0 Å². The molecule has 18 heavy (non-hydrogen) atoms. The zero-order valence-corrected chi connectivity index (χ0v) is 9.98. The molecule has 0 radical (unpaired) electrons. The molecule has 0 spiro atoms. The Morgan fingerprint density at radius 3 is 2.50 bits per heavy atom. The van der Waals surface area contributed by atoms with Crippen LogP contribution in [-0.4, -0.2) is 11.1 Å². The SMILES string of the molecule is N#Cc1ccc(-c2cccc(C(=O)O)c2)cc1Cl. The Hall–Kier alpha value is -2.31. The van der Waals surface area contributed by atoms with Crippen LogP contribution in [0, 0.1) is 11.3 Å². The number of nitriles is 1. The zero-order chi connectivity index (χ0) is 13.1. The molecule has 2 aromatic carbocycles. The summed E-state index contributed by atoms with van der Waals surface area (Å²) in [6.07, 6.45) is 0. The number of hydrogen-bond acceptors (Lipinski definition) is 2. The number of hydrogen-bond donors (Lipinski definition) is 1. The van der Waals surface area contributed by atoms with Crippen molar-refractivity contribution in [3.8, 4) is 17.2 Å². The second-order valence-electron chi connectivity index (χ2n) is 3.69. The zero-order valence-electron chi connectivity index (χ0n) is 9.22. The molecule has 1 N–H and O–H groups in total. The number of carboxylic acids is 1. The normalized spacial score (nSPS) is 9.78. The monoisotopic (exact) mass is 257 g/mol. The first-order valence-corrected chi connectivity index (χ1v) is 5.53. The standard InChI is InChI=1S/C14H8ClNO2/c15-13-7-10(4-5-12(13)8-16)9-2-1-3-11(6-9)14(17)18/h1-7H,(H,17,18). The molecule has 2 rings (SSSR count). The van der Waals surface area contributed by atoms with Crippen molar-refractivity contribution >= 4 is 17.6 Å². The van der Waals surface area contributed by atoms with Crippen LogP contribution in [-0.2, 0) is 0 Å². The maximum atomic E-state index is 10.9. The minimum absolute atomic E-state index is 0.216. The molecule has 3 nitrogen and oxygen atoms in total. The van der Waals surface area contributed by atoms with E-state index in [0.717, 1.165) is 11.1 Å². The van der Waals surface area contributed by atoms with E-state index in [2.05, 4.69) is 0 Å². The highest BCUT2D eigenvalue weighted by molar-refractivity contribution is 6.32. The van der Waals surface area contributed by atoms with Crippen LogP contribution in [0.3, 0.4) is 0 Å². The molecule has 4 heteroatoms. The van der Waals surface area contributed by atoms with Gasteiger partial charge >= 0.3 is 5.97 Å². The maximum Gasteiger partial charge on any atom is 0.335 e. The number of aromatic carboxylic acids is 1. The van der Waals surface area contributed by atoms with Gasteiger partial charge in [-0.15, -0.1) is 0 Å². The molecule has 0 amide bonds. The third-order valence-electron chi connectivity index (χ3n) is 2.53. The van der Waals surface area contributed by atoms with Crippen molar-refractivity contribution in [1.29, 1.82) is 5.26 Å². The van der Waals surface area contributed by atoms with Crippen LogP contribution >= 0.6 is 11.6 Å². The van der Waals surface area contributed by atoms with E-state index < -0.39 is 5.97 Å². The van der Waals surface area contributed by atoms with Gasteiger partial charge in [0.15, 0.2) is 0 Å². The largest absolute Gasteiger partial charge is 0.478 e. The number of halogens is 1. The van der Waals surface area contributed by atoms with Crippen molar-refractivity contribution in [1.82, 2.24) is 0 Å². The quantitative estimate of drug-likeness (QED) is 0.894. The van der Waals surface area contributed by atoms with Crippen LogP contribution in [0.25, 0.3) is 11.1 Å². The lowest BCUT2D eigenvalue weighted by molar-refractivity contribution is 0.0697. The van der Waals surface area contributed by atoms with Gasteiger partial charge in [-0.2, -0.15) is 5.26 Å². The van der Waals surface area contributed by atoms with Crippen LogP contribution in [0.5, 0.6) is 0 Å². The Morgan fingerprint density at radius 1 is 1.17 bits per heavy atom. The third-order valence-corrected chi connectivity index (χ3v) is 2.85. The van der Waals surface area contributed by atoms with E-state index in [1.807, 2.05) is 6.07 Å². The molecule has 0 aromatic heterocycles. The highest BCUT2D eigenvalue weighted by atomic mass is 35.5. The van der Waals surface area contributed by atoms with Crippen LogP contribution in [0.15, 0.2) is 42.5 Å². The van der Waals surface area contributed by atoms with Crippen molar-refractivity contribution in [3.05, 3.63) is 58.6 Å². The topological polar surface area (TPSA) is 61.1 Å². The van der Waals surface area contributed by atoms with Crippen molar-refractivity contribution < 1.29 is 9.90 Å². The number of carboxylic acid groups (broad SMARTS) is 1. The molecule has 0 bridgehead atoms. The van der Waals surface area contributed by atoms with Gasteiger partial charge in [0.2, 0.25) is 0 Å². The van der Waals surface area contributed by atoms with E-state index in [0.29, 0.717) is 10.6 Å². The Kier molecular flexibility index (Phi) is 3.31. The van der Waals surface area contributed by atoms with E-state index in [1.165, 1.54) is 6.07 Å². The van der Waals surface area contributed by atoms with Gasteiger partial charge in [0.1, 0.15) is 6.07 Å². The molecule has 0 atom stereocenters. The van der Waals surface area contributed by atoms with Crippen molar-refractivity contribution in [2.75, 3.05) is 0 Å². The molecule has 0 aliphatic carbocycles. The molecule has 0 aliphatic heterocycles. The molecular weight excluding hydrogens is 250 g/mol. The summed E-state index contributed by atoms with van der Waals surface area (Å²) in [5.74, 6) is -0.975. The molecule has 0 aliphatic rings. The van der Waals surface area contributed by atoms with Crippen molar-refractivity contribution in [2.45, 2.75) is 0 Å². The van der Waals surface area contributed by atoms with Gasteiger partial charge in [0.25, 0.3) is 0 Å². The Bertz CT molecular complexity index is 659. The van der Waals surface area contributed by atoms with E-state index in [4.69, 9.17) is 22.0 Å².